The van der Waals surface area contributed by atoms with E-state index in [1.54, 1.807) is 52.0 Å². The summed E-state index contributed by atoms with van der Waals surface area (Å²) in [6.07, 6.45) is 2.73. The van der Waals surface area contributed by atoms with Gasteiger partial charge in [-0.05, 0) is 63.0 Å². The first-order chi connectivity index (χ1) is 27.5. The highest BCUT2D eigenvalue weighted by atomic mass is 16.7. The standard InChI is InChI=1S/C44H74N6O8/c1-13-30(6)38(48(10)42(54)37(29(4)5)46-41(53)36(45-9)28(2)3)34(56-11)26-35(51)49-23-19-22-33(49)39(57-12)31(7)40(52)47-44(8,27-32-20-15-14-16-21-32)43(55)50-24-17-18-25-58-50/h14-16,20-21,28-31,33-34,36-39,45H,13,17-19,22-27H2,1-12H3,(H,46,53)(H,47,52). The summed E-state index contributed by atoms with van der Waals surface area (Å²) in [5, 5.41) is 10.5. The molecule has 2 saturated heterocycles. The molecule has 3 N–H and O–H groups in total. The Morgan fingerprint density at radius 1 is 0.914 bits per heavy atom. The number of hydrogen-bond donors (Lipinski definition) is 3. The van der Waals surface area contributed by atoms with E-state index in [4.69, 9.17) is 14.3 Å². The average Bonchev–Trinajstić information content (AvgIpc) is 3.69. The lowest BCUT2D eigenvalue weighted by atomic mass is 9.88. The third-order valence-electron chi connectivity index (χ3n) is 12.3. The van der Waals surface area contributed by atoms with Gasteiger partial charge in [-0.15, -0.1) is 0 Å². The summed E-state index contributed by atoms with van der Waals surface area (Å²) in [6, 6.07) is 7.47. The fraction of sp³-hybridized carbons (Fsp3) is 0.750. The van der Waals surface area contributed by atoms with Gasteiger partial charge in [0, 0.05) is 40.8 Å². The van der Waals surface area contributed by atoms with Gasteiger partial charge in [-0.2, -0.15) is 0 Å². The van der Waals surface area contributed by atoms with Crippen LogP contribution < -0.4 is 16.0 Å². The molecule has 58 heavy (non-hydrogen) atoms. The van der Waals surface area contributed by atoms with Crippen molar-refractivity contribution in [1.29, 1.82) is 0 Å². The van der Waals surface area contributed by atoms with Crippen LogP contribution in [0.15, 0.2) is 30.3 Å². The molecule has 1 aromatic carbocycles. The van der Waals surface area contributed by atoms with Crippen LogP contribution in [0.1, 0.15) is 99.5 Å². The molecule has 2 heterocycles. The predicted molar refractivity (Wildman–Crippen MR) is 224 cm³/mol. The second-order valence-corrected chi connectivity index (χ2v) is 17.3. The van der Waals surface area contributed by atoms with Crippen molar-refractivity contribution in [3.63, 3.8) is 0 Å². The van der Waals surface area contributed by atoms with Gasteiger partial charge in [0.25, 0.3) is 5.91 Å². The minimum absolute atomic E-state index is 0.00397. The van der Waals surface area contributed by atoms with Crippen LogP contribution in [-0.4, -0.2) is 134 Å². The van der Waals surface area contributed by atoms with Crippen LogP contribution in [0, 0.1) is 23.7 Å². The molecule has 0 spiro atoms. The number of likely N-dealkylation sites (tertiary alicyclic amines) is 1. The molecule has 2 aliphatic rings. The Labute approximate surface area is 347 Å². The molecular weight excluding hydrogens is 741 g/mol. The summed E-state index contributed by atoms with van der Waals surface area (Å²) in [6.45, 7) is 16.7. The number of rotatable bonds is 21. The van der Waals surface area contributed by atoms with Crippen molar-refractivity contribution >= 4 is 29.5 Å². The number of methoxy groups -OCH3 is 2. The second-order valence-electron chi connectivity index (χ2n) is 17.3. The van der Waals surface area contributed by atoms with Gasteiger partial charge in [0.15, 0.2) is 0 Å². The maximum atomic E-state index is 14.4. The summed E-state index contributed by atoms with van der Waals surface area (Å²) in [4.78, 5) is 79.2. The van der Waals surface area contributed by atoms with Crippen LogP contribution in [-0.2, 0) is 44.7 Å². The maximum absolute atomic E-state index is 14.4. The molecule has 0 aromatic heterocycles. The molecule has 3 rings (SSSR count). The monoisotopic (exact) mass is 815 g/mol. The molecule has 9 unspecified atom stereocenters. The number of carbonyl (C=O) groups excluding carboxylic acids is 5. The number of nitrogens with zero attached hydrogens (tertiary/aromatic N) is 3. The molecule has 14 heteroatoms. The highest BCUT2D eigenvalue weighted by molar-refractivity contribution is 5.92. The molecule has 1 aromatic rings. The zero-order chi connectivity index (χ0) is 43.3. The summed E-state index contributed by atoms with van der Waals surface area (Å²) in [7, 11) is 6.56. The molecule has 9 atom stereocenters. The van der Waals surface area contributed by atoms with Crippen LogP contribution in [0.3, 0.4) is 0 Å². The minimum atomic E-state index is -1.30. The lowest BCUT2D eigenvalue weighted by Crippen LogP contribution is -2.62. The first-order valence-corrected chi connectivity index (χ1v) is 21.4. The number of nitrogens with one attached hydrogen (secondary N) is 3. The van der Waals surface area contributed by atoms with Crippen LogP contribution in [0.4, 0.5) is 0 Å². The zero-order valence-corrected chi connectivity index (χ0v) is 37.3. The Bertz CT molecular complexity index is 1490. The van der Waals surface area contributed by atoms with Gasteiger partial charge in [0.2, 0.25) is 23.6 Å². The minimum Gasteiger partial charge on any atom is -0.379 e. The van der Waals surface area contributed by atoms with E-state index in [1.165, 1.54) is 5.06 Å². The molecule has 14 nitrogen and oxygen atoms in total. The van der Waals surface area contributed by atoms with E-state index < -0.39 is 47.8 Å². The Kier molecular flexibility index (Phi) is 19.1. The van der Waals surface area contributed by atoms with E-state index in [9.17, 15) is 24.0 Å². The summed E-state index contributed by atoms with van der Waals surface area (Å²) < 4.78 is 12.1. The third-order valence-corrected chi connectivity index (χ3v) is 12.3. The molecular formula is C44H74N6O8. The van der Waals surface area contributed by atoms with E-state index in [-0.39, 0.29) is 60.1 Å². The zero-order valence-electron chi connectivity index (χ0n) is 37.3. The molecule has 328 valence electrons. The second kappa shape index (κ2) is 22.7. The lowest BCUT2D eigenvalue weighted by molar-refractivity contribution is -0.203. The van der Waals surface area contributed by atoms with Crippen molar-refractivity contribution in [2.45, 2.75) is 142 Å². The number of benzene rings is 1. The molecule has 2 fully saturated rings. The highest BCUT2D eigenvalue weighted by Crippen LogP contribution is 2.30. The van der Waals surface area contributed by atoms with Crippen molar-refractivity contribution in [2.75, 3.05) is 48.0 Å². The first-order valence-electron chi connectivity index (χ1n) is 21.4. The lowest BCUT2D eigenvalue weighted by Gasteiger charge is -2.41. The van der Waals surface area contributed by atoms with Crippen LogP contribution in [0.25, 0.3) is 0 Å². The van der Waals surface area contributed by atoms with Gasteiger partial charge in [0.1, 0.15) is 11.6 Å². The van der Waals surface area contributed by atoms with E-state index >= 15 is 0 Å². The Hall–Kier alpha value is -3.59. The van der Waals surface area contributed by atoms with Crippen molar-refractivity contribution < 1.29 is 38.3 Å². The van der Waals surface area contributed by atoms with Gasteiger partial charge >= 0.3 is 0 Å². The van der Waals surface area contributed by atoms with Crippen molar-refractivity contribution in [1.82, 2.24) is 30.8 Å². The molecule has 0 aliphatic carbocycles. The average molecular weight is 815 g/mol. The largest absolute Gasteiger partial charge is 0.379 e. The summed E-state index contributed by atoms with van der Waals surface area (Å²) in [5.74, 6) is -2.24. The van der Waals surface area contributed by atoms with Gasteiger partial charge in [-0.3, -0.25) is 28.8 Å². The van der Waals surface area contributed by atoms with Gasteiger partial charge in [0.05, 0.1) is 49.3 Å². The summed E-state index contributed by atoms with van der Waals surface area (Å²) in [5.41, 5.74) is -0.401. The van der Waals surface area contributed by atoms with Crippen LogP contribution in [0.2, 0.25) is 0 Å². The fourth-order valence-electron chi connectivity index (χ4n) is 8.64. The number of ether oxygens (including phenoxy) is 2. The van der Waals surface area contributed by atoms with Gasteiger partial charge in [-0.1, -0.05) is 85.2 Å². The third kappa shape index (κ3) is 12.2. The quantitative estimate of drug-likeness (QED) is 0.167. The summed E-state index contributed by atoms with van der Waals surface area (Å²) >= 11 is 0. The number of carbonyl (C=O) groups is 5. The molecule has 0 radical (unpaired) electrons. The fourth-order valence-corrected chi connectivity index (χ4v) is 8.64. The molecule has 5 amide bonds. The maximum Gasteiger partial charge on any atom is 0.271 e. The van der Waals surface area contributed by atoms with Crippen molar-refractivity contribution in [2.24, 2.45) is 23.7 Å². The van der Waals surface area contributed by atoms with E-state index in [1.807, 2.05) is 71.9 Å². The predicted octanol–water partition coefficient (Wildman–Crippen LogP) is 3.96. The normalized spacial score (nSPS) is 20.7. The smallest absolute Gasteiger partial charge is 0.271 e. The van der Waals surface area contributed by atoms with Gasteiger partial charge in [-0.25, -0.2) is 5.06 Å². The number of hydroxylamine groups is 2. The molecule has 0 saturated carbocycles. The SMILES string of the molecule is CCC(C)C(C(CC(=O)N1CCCC1C(OC)C(C)C(=O)NC(C)(Cc1ccccc1)C(=O)N1CCCCO1)OC)N(C)C(=O)C(NC(=O)C(NC)C(C)C)C(C)C. The van der Waals surface area contributed by atoms with Crippen molar-refractivity contribution in [3.05, 3.63) is 35.9 Å². The highest BCUT2D eigenvalue weighted by Gasteiger charge is 2.46. The van der Waals surface area contributed by atoms with Gasteiger partial charge < -0.3 is 35.2 Å². The Balaban J connectivity index is 1.82. The van der Waals surface area contributed by atoms with Crippen LogP contribution in [0.5, 0.6) is 0 Å². The number of hydrogen-bond acceptors (Lipinski definition) is 9. The van der Waals surface area contributed by atoms with Crippen LogP contribution >= 0.6 is 0 Å². The van der Waals surface area contributed by atoms with E-state index in [0.29, 0.717) is 26.1 Å². The molecule has 0 bridgehead atoms. The first kappa shape index (κ1) is 48.8. The van der Waals surface area contributed by atoms with E-state index in [0.717, 1.165) is 31.2 Å². The van der Waals surface area contributed by atoms with Crippen molar-refractivity contribution in [3.8, 4) is 0 Å². The van der Waals surface area contributed by atoms with E-state index in [2.05, 4.69) is 16.0 Å². The Morgan fingerprint density at radius 3 is 2.10 bits per heavy atom. The number of likely N-dealkylation sites (N-methyl/N-ethyl adjacent to an activating group) is 2. The number of amides is 5. The molecule has 2 aliphatic heterocycles. The Morgan fingerprint density at radius 2 is 1.57 bits per heavy atom. The topological polar surface area (TPSA) is 159 Å².